The zero-order valence-electron chi connectivity index (χ0n) is 9.21. The minimum absolute atomic E-state index is 0.680. The first-order chi connectivity index (χ1) is 8.25. The van der Waals surface area contributed by atoms with Gasteiger partial charge >= 0.3 is 0 Å². The number of fused-ring (bicyclic) bond motifs is 1. The molecule has 0 spiro atoms. The first kappa shape index (κ1) is 10.2. The van der Waals surface area contributed by atoms with Crippen LogP contribution in [-0.4, -0.2) is 19.5 Å². The normalized spacial score (nSPS) is 10.9. The SMILES string of the molecule is Cn1c(=S)[nH]c2ccc(-c3ccncc3)nc21. The summed E-state index contributed by atoms with van der Waals surface area (Å²) < 4.78 is 2.55. The second kappa shape index (κ2) is 3.78. The Morgan fingerprint density at radius 2 is 1.94 bits per heavy atom. The van der Waals surface area contributed by atoms with Gasteiger partial charge in [0.15, 0.2) is 10.4 Å². The van der Waals surface area contributed by atoms with Gasteiger partial charge in [0.25, 0.3) is 0 Å². The standard InChI is InChI=1S/C12H10N4S/c1-16-11-10(15-12(16)17)3-2-9(14-11)8-4-6-13-7-5-8/h2-7H,1H3,(H,15,17). The van der Waals surface area contributed by atoms with Crippen LogP contribution in [0.3, 0.4) is 0 Å². The smallest absolute Gasteiger partial charge is 0.179 e. The Morgan fingerprint density at radius 1 is 1.18 bits per heavy atom. The predicted molar refractivity (Wildman–Crippen MR) is 69.1 cm³/mol. The molecule has 0 aliphatic heterocycles. The monoisotopic (exact) mass is 242 g/mol. The summed E-state index contributed by atoms with van der Waals surface area (Å²) in [6.45, 7) is 0. The van der Waals surface area contributed by atoms with Crippen molar-refractivity contribution in [2.24, 2.45) is 7.05 Å². The highest BCUT2D eigenvalue weighted by molar-refractivity contribution is 7.71. The Hall–Kier alpha value is -2.01. The summed E-state index contributed by atoms with van der Waals surface area (Å²) in [6, 6.07) is 7.85. The van der Waals surface area contributed by atoms with Crippen molar-refractivity contribution in [3.8, 4) is 11.3 Å². The molecule has 0 aliphatic rings. The Bertz CT molecular complexity index is 727. The molecule has 0 amide bonds. The number of rotatable bonds is 1. The van der Waals surface area contributed by atoms with Crippen LogP contribution in [-0.2, 0) is 7.05 Å². The van der Waals surface area contributed by atoms with Crippen molar-refractivity contribution < 1.29 is 0 Å². The van der Waals surface area contributed by atoms with Gasteiger partial charge in [0.1, 0.15) is 0 Å². The van der Waals surface area contributed by atoms with E-state index in [2.05, 4.69) is 15.0 Å². The third-order valence-electron chi connectivity index (χ3n) is 2.72. The Labute approximate surface area is 103 Å². The summed E-state index contributed by atoms with van der Waals surface area (Å²) in [5.41, 5.74) is 3.79. The predicted octanol–water partition coefficient (Wildman–Crippen LogP) is 2.69. The van der Waals surface area contributed by atoms with Crippen LogP contribution in [0.2, 0.25) is 0 Å². The highest BCUT2D eigenvalue weighted by Gasteiger charge is 2.05. The number of imidazole rings is 1. The molecule has 0 saturated carbocycles. The van der Waals surface area contributed by atoms with E-state index in [1.54, 1.807) is 12.4 Å². The van der Waals surface area contributed by atoms with Crippen molar-refractivity contribution in [2.75, 3.05) is 0 Å². The van der Waals surface area contributed by atoms with Gasteiger partial charge in [-0.2, -0.15) is 0 Å². The number of hydrogen-bond acceptors (Lipinski definition) is 3. The van der Waals surface area contributed by atoms with Gasteiger partial charge in [-0.05, 0) is 36.5 Å². The van der Waals surface area contributed by atoms with Gasteiger partial charge in [0.2, 0.25) is 0 Å². The quantitative estimate of drug-likeness (QED) is 0.667. The molecule has 0 bridgehead atoms. The van der Waals surface area contributed by atoms with Gasteiger partial charge in [0, 0.05) is 25.0 Å². The molecule has 0 atom stereocenters. The molecule has 0 aliphatic carbocycles. The molecule has 0 radical (unpaired) electrons. The van der Waals surface area contributed by atoms with E-state index in [4.69, 9.17) is 12.2 Å². The van der Waals surface area contributed by atoms with E-state index in [0.29, 0.717) is 4.77 Å². The average Bonchev–Trinajstić information content (AvgIpc) is 2.66. The number of hydrogen-bond donors (Lipinski definition) is 1. The fourth-order valence-corrected chi connectivity index (χ4v) is 1.98. The molecular weight excluding hydrogens is 232 g/mol. The van der Waals surface area contributed by atoms with Gasteiger partial charge in [-0.1, -0.05) is 0 Å². The van der Waals surface area contributed by atoms with Gasteiger partial charge in [-0.15, -0.1) is 0 Å². The van der Waals surface area contributed by atoms with E-state index in [0.717, 1.165) is 22.4 Å². The van der Waals surface area contributed by atoms with Crippen LogP contribution < -0.4 is 0 Å². The number of nitrogens with one attached hydrogen (secondary N) is 1. The maximum atomic E-state index is 5.17. The van der Waals surface area contributed by atoms with Gasteiger partial charge in [-0.25, -0.2) is 4.98 Å². The Morgan fingerprint density at radius 3 is 2.71 bits per heavy atom. The Balaban J connectivity index is 2.27. The second-order valence-corrected chi connectivity index (χ2v) is 4.18. The summed E-state index contributed by atoms with van der Waals surface area (Å²) in [7, 11) is 1.91. The molecule has 0 fully saturated rings. The zero-order valence-corrected chi connectivity index (χ0v) is 10.0. The molecule has 3 rings (SSSR count). The largest absolute Gasteiger partial charge is 0.329 e. The minimum Gasteiger partial charge on any atom is -0.329 e. The second-order valence-electron chi connectivity index (χ2n) is 3.79. The third kappa shape index (κ3) is 1.64. The highest BCUT2D eigenvalue weighted by atomic mass is 32.1. The summed E-state index contributed by atoms with van der Waals surface area (Å²) in [5.74, 6) is 0. The lowest BCUT2D eigenvalue weighted by atomic mass is 10.2. The molecule has 17 heavy (non-hydrogen) atoms. The number of pyridine rings is 2. The van der Waals surface area contributed by atoms with Crippen molar-refractivity contribution >= 4 is 23.4 Å². The summed E-state index contributed by atoms with van der Waals surface area (Å²) in [5, 5.41) is 0. The van der Waals surface area contributed by atoms with E-state index in [1.165, 1.54) is 0 Å². The van der Waals surface area contributed by atoms with Crippen LogP contribution in [0.15, 0.2) is 36.7 Å². The molecule has 84 valence electrons. The summed E-state index contributed by atoms with van der Waals surface area (Å²) in [6.07, 6.45) is 3.52. The number of aromatic nitrogens is 4. The first-order valence-corrected chi connectivity index (χ1v) is 5.63. The molecule has 1 N–H and O–H groups in total. The molecule has 0 aromatic carbocycles. The van der Waals surface area contributed by atoms with E-state index >= 15 is 0 Å². The van der Waals surface area contributed by atoms with Crippen LogP contribution >= 0.6 is 12.2 Å². The van der Waals surface area contributed by atoms with E-state index in [1.807, 2.05) is 35.9 Å². The lowest BCUT2D eigenvalue weighted by Gasteiger charge is -2.00. The van der Waals surface area contributed by atoms with Gasteiger partial charge in [-0.3, -0.25) is 4.98 Å². The molecule has 3 heterocycles. The van der Waals surface area contributed by atoms with Crippen LogP contribution in [0.25, 0.3) is 22.4 Å². The van der Waals surface area contributed by atoms with Crippen molar-refractivity contribution in [1.29, 1.82) is 0 Å². The summed E-state index contributed by atoms with van der Waals surface area (Å²) in [4.78, 5) is 11.7. The first-order valence-electron chi connectivity index (χ1n) is 5.22. The molecule has 5 heteroatoms. The lowest BCUT2D eigenvalue weighted by Crippen LogP contribution is -1.91. The van der Waals surface area contributed by atoms with E-state index < -0.39 is 0 Å². The Kier molecular flexibility index (Phi) is 2.26. The minimum atomic E-state index is 0.680. The lowest BCUT2D eigenvalue weighted by molar-refractivity contribution is 0.912. The fourth-order valence-electron chi connectivity index (χ4n) is 1.78. The molecule has 3 aromatic heterocycles. The third-order valence-corrected chi connectivity index (χ3v) is 3.09. The molecular formula is C12H10N4S. The van der Waals surface area contributed by atoms with Gasteiger partial charge < -0.3 is 9.55 Å². The van der Waals surface area contributed by atoms with E-state index in [9.17, 15) is 0 Å². The van der Waals surface area contributed by atoms with E-state index in [-0.39, 0.29) is 0 Å². The maximum absolute atomic E-state index is 5.17. The fraction of sp³-hybridized carbons (Fsp3) is 0.0833. The van der Waals surface area contributed by atoms with Crippen molar-refractivity contribution in [2.45, 2.75) is 0 Å². The van der Waals surface area contributed by atoms with Crippen molar-refractivity contribution in [1.82, 2.24) is 19.5 Å². The molecule has 0 unspecified atom stereocenters. The van der Waals surface area contributed by atoms with Gasteiger partial charge in [0.05, 0.1) is 11.2 Å². The number of aromatic amines is 1. The van der Waals surface area contributed by atoms with Crippen LogP contribution in [0, 0.1) is 4.77 Å². The molecule has 3 aromatic rings. The molecule has 0 saturated heterocycles. The highest BCUT2D eigenvalue weighted by Crippen LogP contribution is 2.19. The van der Waals surface area contributed by atoms with Crippen molar-refractivity contribution in [3.05, 3.63) is 41.4 Å². The van der Waals surface area contributed by atoms with Crippen molar-refractivity contribution in [3.63, 3.8) is 0 Å². The molecule has 4 nitrogen and oxygen atoms in total. The van der Waals surface area contributed by atoms with Crippen LogP contribution in [0.4, 0.5) is 0 Å². The average molecular weight is 242 g/mol. The summed E-state index contributed by atoms with van der Waals surface area (Å²) >= 11 is 5.17. The number of nitrogens with zero attached hydrogens (tertiary/aromatic N) is 3. The number of H-pyrrole nitrogens is 1. The zero-order chi connectivity index (χ0) is 11.8. The van der Waals surface area contributed by atoms with Crippen LogP contribution in [0.1, 0.15) is 0 Å². The topological polar surface area (TPSA) is 46.5 Å². The number of aryl methyl sites for hydroxylation is 1. The maximum Gasteiger partial charge on any atom is 0.179 e. The van der Waals surface area contributed by atoms with Crippen LogP contribution in [0.5, 0.6) is 0 Å².